The summed E-state index contributed by atoms with van der Waals surface area (Å²) in [5.74, 6) is 4.31. The van der Waals surface area contributed by atoms with E-state index in [4.69, 9.17) is 17.4 Å². The molecule has 21 heavy (non-hydrogen) atoms. The zero-order valence-corrected chi connectivity index (χ0v) is 12.8. The number of hydrazine groups is 1. The van der Waals surface area contributed by atoms with Gasteiger partial charge in [0, 0.05) is 24.2 Å². The SMILES string of the molecule is Cc1cc(C(Cc2c(C)nn(C)c2Cl)NN)c(F)cc1F. The molecule has 0 bridgehead atoms. The first-order chi connectivity index (χ1) is 9.85. The van der Waals surface area contributed by atoms with E-state index in [2.05, 4.69) is 10.5 Å². The fourth-order valence-electron chi connectivity index (χ4n) is 2.32. The molecule has 2 rings (SSSR count). The standard InChI is InChI=1S/C14H17ClF2N4/c1-7-4-10(12(17)6-11(7)16)13(19-18)5-9-8(2)20-21(3)14(9)15/h4,6,13,19H,5,18H2,1-3H3. The van der Waals surface area contributed by atoms with Crippen molar-refractivity contribution in [2.75, 3.05) is 0 Å². The van der Waals surface area contributed by atoms with E-state index in [1.165, 1.54) is 6.07 Å². The second-order valence-electron chi connectivity index (χ2n) is 5.02. The van der Waals surface area contributed by atoms with E-state index in [1.807, 2.05) is 6.92 Å². The van der Waals surface area contributed by atoms with Gasteiger partial charge in [-0.05, 0) is 31.9 Å². The molecule has 0 radical (unpaired) electrons. The molecule has 0 saturated heterocycles. The third kappa shape index (κ3) is 3.07. The Morgan fingerprint density at radius 2 is 2.00 bits per heavy atom. The van der Waals surface area contributed by atoms with E-state index in [1.54, 1.807) is 18.7 Å². The molecule has 1 atom stereocenters. The summed E-state index contributed by atoms with van der Waals surface area (Å²) < 4.78 is 28.9. The molecule has 0 saturated carbocycles. The van der Waals surface area contributed by atoms with E-state index < -0.39 is 17.7 Å². The highest BCUT2D eigenvalue weighted by molar-refractivity contribution is 6.30. The van der Waals surface area contributed by atoms with Crippen LogP contribution in [0.1, 0.15) is 28.4 Å². The number of rotatable bonds is 4. The minimum atomic E-state index is -0.640. The summed E-state index contributed by atoms with van der Waals surface area (Å²) in [4.78, 5) is 0. The summed E-state index contributed by atoms with van der Waals surface area (Å²) in [6.45, 7) is 3.40. The van der Waals surface area contributed by atoms with Crippen molar-refractivity contribution < 1.29 is 8.78 Å². The molecule has 2 aromatic rings. The van der Waals surface area contributed by atoms with Gasteiger partial charge in [0.1, 0.15) is 16.8 Å². The summed E-state index contributed by atoms with van der Waals surface area (Å²) >= 11 is 6.18. The molecule has 0 amide bonds. The highest BCUT2D eigenvalue weighted by atomic mass is 35.5. The fraction of sp³-hybridized carbons (Fsp3) is 0.357. The summed E-state index contributed by atoms with van der Waals surface area (Å²) in [6, 6.07) is 1.80. The van der Waals surface area contributed by atoms with Gasteiger partial charge in [0.25, 0.3) is 0 Å². The molecule has 1 unspecified atom stereocenters. The smallest absolute Gasteiger partial charge is 0.130 e. The average Bonchev–Trinajstić information content (AvgIpc) is 2.66. The maximum Gasteiger partial charge on any atom is 0.130 e. The molecule has 0 spiro atoms. The number of nitrogens with two attached hydrogens (primary N) is 1. The van der Waals surface area contributed by atoms with Gasteiger partial charge in [0.2, 0.25) is 0 Å². The van der Waals surface area contributed by atoms with Crippen LogP contribution in [0.15, 0.2) is 12.1 Å². The van der Waals surface area contributed by atoms with Crippen LogP contribution in [0.4, 0.5) is 8.78 Å². The summed E-state index contributed by atoms with van der Waals surface area (Å²) in [5.41, 5.74) is 4.76. The van der Waals surface area contributed by atoms with E-state index in [9.17, 15) is 8.78 Å². The van der Waals surface area contributed by atoms with Gasteiger partial charge in [-0.3, -0.25) is 16.0 Å². The molecule has 1 heterocycles. The Hall–Kier alpha value is -1.50. The lowest BCUT2D eigenvalue weighted by atomic mass is 9.97. The Kier molecular flexibility index (Phi) is 4.61. The van der Waals surface area contributed by atoms with Gasteiger partial charge in [-0.25, -0.2) is 8.78 Å². The quantitative estimate of drug-likeness (QED) is 0.674. The van der Waals surface area contributed by atoms with Gasteiger partial charge in [0.15, 0.2) is 0 Å². The predicted molar refractivity (Wildman–Crippen MR) is 77.8 cm³/mol. The average molecular weight is 315 g/mol. The maximum atomic E-state index is 14.0. The third-order valence-electron chi connectivity index (χ3n) is 3.53. The van der Waals surface area contributed by atoms with Crippen molar-refractivity contribution in [3.63, 3.8) is 0 Å². The summed E-state index contributed by atoms with van der Waals surface area (Å²) in [5, 5.41) is 4.69. The molecule has 114 valence electrons. The summed E-state index contributed by atoms with van der Waals surface area (Å²) in [7, 11) is 1.73. The highest BCUT2D eigenvalue weighted by Gasteiger charge is 2.21. The Labute approximate surface area is 126 Å². The van der Waals surface area contributed by atoms with Crippen LogP contribution in [0.3, 0.4) is 0 Å². The van der Waals surface area contributed by atoms with Crippen LogP contribution in [0, 0.1) is 25.5 Å². The normalized spacial score (nSPS) is 12.7. The lowest BCUT2D eigenvalue weighted by molar-refractivity contribution is 0.500. The van der Waals surface area contributed by atoms with Crippen LogP contribution in [-0.4, -0.2) is 9.78 Å². The maximum absolute atomic E-state index is 14.0. The minimum Gasteiger partial charge on any atom is -0.271 e. The van der Waals surface area contributed by atoms with Crippen LogP contribution in [0.2, 0.25) is 5.15 Å². The largest absolute Gasteiger partial charge is 0.271 e. The van der Waals surface area contributed by atoms with Crippen molar-refractivity contribution in [2.45, 2.75) is 26.3 Å². The Bertz CT molecular complexity index is 669. The number of hydrogen-bond donors (Lipinski definition) is 2. The second-order valence-corrected chi connectivity index (χ2v) is 5.38. The van der Waals surface area contributed by atoms with Gasteiger partial charge in [0.05, 0.1) is 11.7 Å². The van der Waals surface area contributed by atoms with Crippen molar-refractivity contribution in [3.8, 4) is 0 Å². The van der Waals surface area contributed by atoms with E-state index in [0.717, 1.165) is 17.3 Å². The first-order valence-electron chi connectivity index (χ1n) is 6.44. The van der Waals surface area contributed by atoms with Crippen molar-refractivity contribution in [3.05, 3.63) is 51.3 Å². The predicted octanol–water partition coefficient (Wildman–Crippen LogP) is 2.72. The molecular formula is C14H17ClF2N4. The zero-order chi connectivity index (χ0) is 15.7. The van der Waals surface area contributed by atoms with Crippen molar-refractivity contribution in [1.82, 2.24) is 15.2 Å². The lowest BCUT2D eigenvalue weighted by Gasteiger charge is -2.18. The van der Waals surface area contributed by atoms with Crippen molar-refractivity contribution >= 4 is 11.6 Å². The second kappa shape index (κ2) is 6.09. The molecule has 0 aliphatic rings. The topological polar surface area (TPSA) is 55.9 Å². The lowest BCUT2D eigenvalue weighted by Crippen LogP contribution is -2.30. The monoisotopic (exact) mass is 314 g/mol. The third-order valence-corrected chi connectivity index (χ3v) is 4.01. The number of aryl methyl sites for hydroxylation is 3. The van der Waals surface area contributed by atoms with Crippen molar-refractivity contribution in [2.24, 2.45) is 12.9 Å². The number of nitrogens with zero attached hydrogens (tertiary/aromatic N) is 2. The van der Waals surface area contributed by atoms with Gasteiger partial charge in [-0.1, -0.05) is 11.6 Å². The minimum absolute atomic E-state index is 0.302. The summed E-state index contributed by atoms with van der Waals surface area (Å²) in [6.07, 6.45) is 0.358. The van der Waals surface area contributed by atoms with Crippen LogP contribution in [-0.2, 0) is 13.5 Å². The zero-order valence-electron chi connectivity index (χ0n) is 12.0. The van der Waals surface area contributed by atoms with Gasteiger partial charge in [-0.15, -0.1) is 0 Å². The molecule has 0 aliphatic heterocycles. The molecule has 4 nitrogen and oxygen atoms in total. The molecule has 0 aliphatic carbocycles. The van der Waals surface area contributed by atoms with Gasteiger partial charge in [-0.2, -0.15) is 5.10 Å². The molecule has 3 N–H and O–H groups in total. The van der Waals surface area contributed by atoms with E-state index >= 15 is 0 Å². The number of halogens is 3. The Balaban J connectivity index is 2.39. The fourth-order valence-corrected chi connectivity index (χ4v) is 2.57. The molecule has 1 aromatic carbocycles. The van der Waals surface area contributed by atoms with Crippen LogP contribution in [0.5, 0.6) is 0 Å². The van der Waals surface area contributed by atoms with Crippen LogP contribution in [0.25, 0.3) is 0 Å². The van der Waals surface area contributed by atoms with E-state index in [0.29, 0.717) is 22.7 Å². The molecule has 7 heteroatoms. The highest BCUT2D eigenvalue weighted by Crippen LogP contribution is 2.28. The molecule has 1 aromatic heterocycles. The Morgan fingerprint density at radius 3 is 2.52 bits per heavy atom. The molecule has 0 fully saturated rings. The number of hydrogen-bond acceptors (Lipinski definition) is 3. The Morgan fingerprint density at radius 1 is 1.33 bits per heavy atom. The van der Waals surface area contributed by atoms with Crippen molar-refractivity contribution in [1.29, 1.82) is 0 Å². The first-order valence-corrected chi connectivity index (χ1v) is 6.82. The number of benzene rings is 1. The van der Waals surface area contributed by atoms with E-state index in [-0.39, 0.29) is 0 Å². The number of aromatic nitrogens is 2. The van der Waals surface area contributed by atoms with Gasteiger partial charge < -0.3 is 0 Å². The van der Waals surface area contributed by atoms with Crippen LogP contribution < -0.4 is 11.3 Å². The number of nitrogens with one attached hydrogen (secondary N) is 1. The van der Waals surface area contributed by atoms with Gasteiger partial charge >= 0.3 is 0 Å². The molecular weight excluding hydrogens is 298 g/mol. The van der Waals surface area contributed by atoms with Crippen LogP contribution >= 0.6 is 11.6 Å². The first kappa shape index (κ1) is 15.9.